The summed E-state index contributed by atoms with van der Waals surface area (Å²) in [7, 11) is 0. The summed E-state index contributed by atoms with van der Waals surface area (Å²) in [6, 6.07) is 9.97. The third-order valence-corrected chi connectivity index (χ3v) is 3.42. The fourth-order valence-corrected chi connectivity index (χ4v) is 2.49. The lowest BCUT2D eigenvalue weighted by Crippen LogP contribution is -1.95. The van der Waals surface area contributed by atoms with Gasteiger partial charge in [-0.05, 0) is 11.5 Å². The quantitative estimate of drug-likeness (QED) is 0.538. The zero-order valence-electron chi connectivity index (χ0n) is 10.2. The van der Waals surface area contributed by atoms with Crippen LogP contribution in [0.15, 0.2) is 48.9 Å². The van der Waals surface area contributed by atoms with E-state index in [1.807, 2.05) is 30.3 Å². The Balaban J connectivity index is 2.12. The maximum absolute atomic E-state index is 6.20. The van der Waals surface area contributed by atoms with Gasteiger partial charge in [-0.25, -0.2) is 0 Å². The summed E-state index contributed by atoms with van der Waals surface area (Å²) in [5.74, 6) is 0.615. The van der Waals surface area contributed by atoms with Gasteiger partial charge in [-0.1, -0.05) is 35.9 Å². The number of benzene rings is 1. The van der Waals surface area contributed by atoms with E-state index >= 15 is 0 Å². The van der Waals surface area contributed by atoms with Crippen molar-refractivity contribution in [3.05, 3.63) is 54.1 Å². The lowest BCUT2D eigenvalue weighted by molar-refractivity contribution is 1.09. The predicted molar refractivity (Wildman–Crippen MR) is 76.5 cm³/mol. The third kappa shape index (κ3) is 1.57. The molecule has 0 saturated carbocycles. The Morgan fingerprint density at radius 2 is 1.90 bits per heavy atom. The number of aromatic nitrogens is 5. The number of hydrogen-bond acceptors (Lipinski definition) is 4. The summed E-state index contributed by atoms with van der Waals surface area (Å²) >= 11 is 6.20. The number of rotatable bonds is 1. The van der Waals surface area contributed by atoms with Crippen LogP contribution in [-0.2, 0) is 0 Å². The maximum atomic E-state index is 6.20. The van der Waals surface area contributed by atoms with Crippen LogP contribution in [0.1, 0.15) is 0 Å². The molecule has 3 aromatic heterocycles. The molecule has 0 atom stereocenters. The molecule has 4 rings (SSSR count). The van der Waals surface area contributed by atoms with Gasteiger partial charge in [0, 0.05) is 11.6 Å². The van der Waals surface area contributed by atoms with E-state index < -0.39 is 0 Å². The van der Waals surface area contributed by atoms with Crippen molar-refractivity contribution < 1.29 is 0 Å². The van der Waals surface area contributed by atoms with Gasteiger partial charge in [0.05, 0.1) is 12.4 Å². The molecule has 0 spiro atoms. The van der Waals surface area contributed by atoms with Crippen molar-refractivity contribution >= 4 is 28.0 Å². The first-order valence-electron chi connectivity index (χ1n) is 6.03. The van der Waals surface area contributed by atoms with Gasteiger partial charge in [-0.2, -0.15) is 0 Å². The van der Waals surface area contributed by atoms with Crippen LogP contribution < -0.4 is 0 Å². The normalized spacial score (nSPS) is 11.2. The first kappa shape index (κ1) is 11.3. The van der Waals surface area contributed by atoms with Crippen LogP contribution >= 0.6 is 11.6 Å². The maximum Gasteiger partial charge on any atom is 0.188 e. The van der Waals surface area contributed by atoms with Crippen molar-refractivity contribution in [2.45, 2.75) is 0 Å². The summed E-state index contributed by atoms with van der Waals surface area (Å²) in [5, 5.41) is 10.9. The zero-order valence-corrected chi connectivity index (χ0v) is 11.0. The lowest BCUT2D eigenvalue weighted by atomic mass is 10.1. The summed E-state index contributed by atoms with van der Waals surface area (Å²) < 4.78 is 1.74. The van der Waals surface area contributed by atoms with E-state index in [1.54, 1.807) is 23.0 Å². The molecule has 0 saturated heterocycles. The van der Waals surface area contributed by atoms with Crippen LogP contribution in [0.5, 0.6) is 0 Å². The summed E-state index contributed by atoms with van der Waals surface area (Å²) in [6.07, 6.45) is 4.94. The molecule has 0 bridgehead atoms. The van der Waals surface area contributed by atoms with Gasteiger partial charge >= 0.3 is 0 Å². The molecule has 0 aliphatic heterocycles. The molecule has 0 radical (unpaired) electrons. The Bertz CT molecular complexity index is 926. The van der Waals surface area contributed by atoms with Crippen LogP contribution in [0.2, 0.25) is 5.15 Å². The van der Waals surface area contributed by atoms with Crippen LogP contribution in [0, 0.1) is 0 Å². The van der Waals surface area contributed by atoms with E-state index in [0.29, 0.717) is 16.6 Å². The Morgan fingerprint density at radius 3 is 2.85 bits per heavy atom. The third-order valence-electron chi connectivity index (χ3n) is 3.16. The van der Waals surface area contributed by atoms with Gasteiger partial charge in [0.2, 0.25) is 0 Å². The number of hydrogen-bond donors (Lipinski definition) is 0. The van der Waals surface area contributed by atoms with E-state index in [1.165, 1.54) is 0 Å². The molecular formula is C14H8ClN5. The zero-order chi connectivity index (χ0) is 13.5. The lowest BCUT2D eigenvalue weighted by Gasteiger charge is -2.04. The molecule has 0 fully saturated rings. The molecule has 3 heterocycles. The highest BCUT2D eigenvalue weighted by Crippen LogP contribution is 2.26. The molecule has 0 aliphatic carbocycles. The van der Waals surface area contributed by atoms with Gasteiger partial charge < -0.3 is 0 Å². The van der Waals surface area contributed by atoms with E-state index in [9.17, 15) is 0 Å². The fraction of sp³-hybridized carbons (Fsp3) is 0. The fourth-order valence-electron chi connectivity index (χ4n) is 2.26. The Labute approximate surface area is 118 Å². The van der Waals surface area contributed by atoms with Crippen molar-refractivity contribution in [1.82, 2.24) is 24.6 Å². The van der Waals surface area contributed by atoms with Gasteiger partial charge in [0.15, 0.2) is 11.5 Å². The number of fused-ring (bicyclic) bond motifs is 2. The summed E-state index contributed by atoms with van der Waals surface area (Å²) in [4.78, 5) is 8.44. The van der Waals surface area contributed by atoms with Crippen LogP contribution in [0.3, 0.4) is 0 Å². The Hall–Kier alpha value is -2.53. The minimum atomic E-state index is 0.456. The molecule has 20 heavy (non-hydrogen) atoms. The van der Waals surface area contributed by atoms with E-state index in [0.717, 1.165) is 16.5 Å². The highest BCUT2D eigenvalue weighted by molar-refractivity contribution is 6.29. The SMILES string of the molecule is Clc1cncc2nnc(-c3nccc4ccccc34)n12. The summed E-state index contributed by atoms with van der Waals surface area (Å²) in [5.41, 5.74) is 1.35. The smallest absolute Gasteiger partial charge is 0.188 e. The van der Waals surface area contributed by atoms with Crippen molar-refractivity contribution in [3.63, 3.8) is 0 Å². The molecule has 96 valence electrons. The number of nitrogens with zero attached hydrogens (tertiary/aromatic N) is 5. The molecule has 0 aliphatic rings. The average Bonchev–Trinajstić information content (AvgIpc) is 2.92. The van der Waals surface area contributed by atoms with Gasteiger partial charge in [0.25, 0.3) is 0 Å². The minimum Gasteiger partial charge on any atom is -0.261 e. The van der Waals surface area contributed by atoms with Crippen molar-refractivity contribution in [2.75, 3.05) is 0 Å². The van der Waals surface area contributed by atoms with Crippen molar-refractivity contribution in [1.29, 1.82) is 0 Å². The Kier molecular flexibility index (Phi) is 2.40. The second kappa shape index (κ2) is 4.25. The molecule has 5 nitrogen and oxygen atoms in total. The van der Waals surface area contributed by atoms with Crippen molar-refractivity contribution in [3.8, 4) is 11.5 Å². The standard InChI is InChI=1S/C14H8ClN5/c15-11-7-16-8-12-18-19-14(20(11)12)13-10-4-2-1-3-9(10)5-6-17-13/h1-8H. The highest BCUT2D eigenvalue weighted by Gasteiger charge is 2.14. The van der Waals surface area contributed by atoms with Crippen LogP contribution in [-0.4, -0.2) is 24.6 Å². The molecule has 0 amide bonds. The molecule has 4 aromatic rings. The monoisotopic (exact) mass is 281 g/mol. The molecule has 0 unspecified atom stereocenters. The molecular weight excluding hydrogens is 274 g/mol. The second-order valence-electron chi connectivity index (χ2n) is 4.33. The van der Waals surface area contributed by atoms with E-state index in [-0.39, 0.29) is 0 Å². The summed E-state index contributed by atoms with van der Waals surface area (Å²) in [6.45, 7) is 0. The topological polar surface area (TPSA) is 56.0 Å². The van der Waals surface area contributed by atoms with Gasteiger partial charge in [-0.15, -0.1) is 10.2 Å². The van der Waals surface area contributed by atoms with Crippen LogP contribution in [0.4, 0.5) is 0 Å². The highest BCUT2D eigenvalue weighted by atomic mass is 35.5. The second-order valence-corrected chi connectivity index (χ2v) is 4.72. The minimum absolute atomic E-state index is 0.456. The van der Waals surface area contributed by atoms with E-state index in [4.69, 9.17) is 11.6 Å². The van der Waals surface area contributed by atoms with E-state index in [2.05, 4.69) is 20.2 Å². The van der Waals surface area contributed by atoms with Crippen LogP contribution in [0.25, 0.3) is 27.9 Å². The molecule has 0 N–H and O–H groups in total. The molecule has 6 heteroatoms. The average molecular weight is 282 g/mol. The molecule has 1 aromatic carbocycles. The predicted octanol–water partition coefficient (Wildman–Crippen LogP) is 2.99. The van der Waals surface area contributed by atoms with Gasteiger partial charge in [0.1, 0.15) is 10.8 Å². The van der Waals surface area contributed by atoms with Gasteiger partial charge in [-0.3, -0.25) is 14.4 Å². The largest absolute Gasteiger partial charge is 0.261 e. The van der Waals surface area contributed by atoms with Crippen molar-refractivity contribution in [2.24, 2.45) is 0 Å². The number of pyridine rings is 1. The first-order valence-corrected chi connectivity index (χ1v) is 6.41. The first-order chi connectivity index (χ1) is 9.84. The Morgan fingerprint density at radius 1 is 1.00 bits per heavy atom. The number of halogens is 1.